The highest BCUT2D eigenvalue weighted by atomic mass is 16.4. The summed E-state index contributed by atoms with van der Waals surface area (Å²) < 4.78 is 0. The Hall–Kier alpha value is -2.76. The summed E-state index contributed by atoms with van der Waals surface area (Å²) in [7, 11) is 0. The first-order valence-electron chi connectivity index (χ1n) is 4.94. The van der Waals surface area contributed by atoms with Crippen LogP contribution < -0.4 is 5.73 Å². The molecule has 1 aromatic carbocycles. The van der Waals surface area contributed by atoms with Crippen molar-refractivity contribution in [1.29, 1.82) is 0 Å². The van der Waals surface area contributed by atoms with E-state index in [9.17, 15) is 9.59 Å². The number of benzene rings is 1. The van der Waals surface area contributed by atoms with Crippen LogP contribution in [0.3, 0.4) is 0 Å². The van der Waals surface area contributed by atoms with Crippen LogP contribution in [-0.4, -0.2) is 27.0 Å². The average molecular weight is 245 g/mol. The number of primary amides is 1. The van der Waals surface area contributed by atoms with Gasteiger partial charge in [-0.2, -0.15) is 0 Å². The fraction of sp³-hybridized carbons (Fsp3) is 0. The summed E-state index contributed by atoms with van der Waals surface area (Å²) in [6.07, 6.45) is 4.08. The van der Waals surface area contributed by atoms with Crippen LogP contribution in [0.15, 0.2) is 49.1 Å². The molecule has 0 bridgehead atoms. The Balaban J connectivity index is 0.000000180. The number of amides is 1. The first-order valence-corrected chi connectivity index (χ1v) is 4.94. The van der Waals surface area contributed by atoms with Gasteiger partial charge in [0.25, 0.3) is 5.91 Å². The second kappa shape index (κ2) is 6.74. The van der Waals surface area contributed by atoms with Gasteiger partial charge in [0, 0.05) is 12.4 Å². The number of carboxylic acids is 1. The standard InChI is InChI=1S/C7H6O2.C5H5N3O/c8-7(9)6-4-2-1-3-5-6;6-5(9)4-1-7-3-8-2-4/h1-5H,(H,8,9);1-3H,(H2,6,9). The van der Waals surface area contributed by atoms with Crippen LogP contribution in [-0.2, 0) is 0 Å². The predicted molar refractivity (Wildman–Crippen MR) is 64.0 cm³/mol. The topological polar surface area (TPSA) is 106 Å². The second-order valence-electron chi connectivity index (χ2n) is 3.16. The summed E-state index contributed by atoms with van der Waals surface area (Å²) in [6.45, 7) is 0. The monoisotopic (exact) mass is 245 g/mol. The molecule has 0 atom stereocenters. The summed E-state index contributed by atoms with van der Waals surface area (Å²) in [5.74, 6) is -1.38. The Morgan fingerprint density at radius 3 is 1.89 bits per heavy atom. The van der Waals surface area contributed by atoms with Crippen molar-refractivity contribution in [3.8, 4) is 0 Å². The van der Waals surface area contributed by atoms with Crippen LogP contribution in [0.2, 0.25) is 0 Å². The number of hydrogen-bond acceptors (Lipinski definition) is 4. The Morgan fingerprint density at radius 1 is 1.00 bits per heavy atom. The number of carbonyl (C=O) groups excluding carboxylic acids is 1. The van der Waals surface area contributed by atoms with Gasteiger partial charge in [-0.05, 0) is 12.1 Å². The number of hydrogen-bond donors (Lipinski definition) is 2. The molecule has 2 aromatic rings. The van der Waals surface area contributed by atoms with E-state index in [0.29, 0.717) is 11.1 Å². The molecule has 3 N–H and O–H groups in total. The van der Waals surface area contributed by atoms with E-state index in [-0.39, 0.29) is 0 Å². The maximum absolute atomic E-state index is 10.3. The first kappa shape index (κ1) is 13.3. The molecule has 18 heavy (non-hydrogen) atoms. The van der Waals surface area contributed by atoms with Crippen molar-refractivity contribution in [2.45, 2.75) is 0 Å². The third-order valence-corrected chi connectivity index (χ3v) is 1.87. The predicted octanol–water partition coefficient (Wildman–Crippen LogP) is 0.960. The SMILES string of the molecule is NC(=O)c1cncnc1.O=C(O)c1ccccc1. The van der Waals surface area contributed by atoms with E-state index in [1.807, 2.05) is 0 Å². The van der Waals surface area contributed by atoms with Crippen molar-refractivity contribution in [2.75, 3.05) is 0 Å². The Kier molecular flexibility index (Phi) is 4.98. The summed E-state index contributed by atoms with van der Waals surface area (Å²) >= 11 is 0. The van der Waals surface area contributed by atoms with Gasteiger partial charge in [-0.3, -0.25) is 4.79 Å². The summed E-state index contributed by atoms with van der Waals surface area (Å²) in [4.78, 5) is 27.7. The van der Waals surface area contributed by atoms with Gasteiger partial charge in [-0.25, -0.2) is 14.8 Å². The zero-order valence-corrected chi connectivity index (χ0v) is 9.35. The molecule has 1 aromatic heterocycles. The lowest BCUT2D eigenvalue weighted by atomic mass is 10.2. The van der Waals surface area contributed by atoms with Crippen molar-refractivity contribution in [2.24, 2.45) is 5.73 Å². The quantitative estimate of drug-likeness (QED) is 0.819. The van der Waals surface area contributed by atoms with Crippen molar-refractivity contribution in [3.05, 3.63) is 60.2 Å². The summed E-state index contributed by atoms with van der Waals surface area (Å²) in [5.41, 5.74) is 5.56. The van der Waals surface area contributed by atoms with Gasteiger partial charge in [0.05, 0.1) is 11.1 Å². The molecule has 0 saturated carbocycles. The Bertz CT molecular complexity index is 465. The third-order valence-electron chi connectivity index (χ3n) is 1.87. The van der Waals surface area contributed by atoms with Gasteiger partial charge >= 0.3 is 5.97 Å². The van der Waals surface area contributed by atoms with Crippen LogP contribution in [0.1, 0.15) is 20.7 Å². The van der Waals surface area contributed by atoms with E-state index >= 15 is 0 Å². The maximum atomic E-state index is 10.3. The fourth-order valence-electron chi connectivity index (χ4n) is 1.01. The van der Waals surface area contributed by atoms with Crippen LogP contribution >= 0.6 is 0 Å². The molecular formula is C12H11N3O3. The smallest absolute Gasteiger partial charge is 0.335 e. The van der Waals surface area contributed by atoms with Crippen LogP contribution in [0.5, 0.6) is 0 Å². The van der Waals surface area contributed by atoms with Crippen molar-refractivity contribution in [1.82, 2.24) is 9.97 Å². The molecule has 0 aliphatic rings. The molecule has 1 heterocycles. The van der Waals surface area contributed by atoms with Crippen molar-refractivity contribution < 1.29 is 14.7 Å². The minimum absolute atomic E-state index is 0.331. The minimum Gasteiger partial charge on any atom is -0.478 e. The molecule has 0 aliphatic heterocycles. The lowest BCUT2D eigenvalue weighted by Crippen LogP contribution is -2.11. The van der Waals surface area contributed by atoms with E-state index in [0.717, 1.165) is 0 Å². The number of carbonyl (C=O) groups is 2. The molecule has 0 spiro atoms. The van der Waals surface area contributed by atoms with Crippen LogP contribution in [0.4, 0.5) is 0 Å². The Labute approximate surface area is 103 Å². The molecule has 0 fully saturated rings. The molecule has 1 amide bonds. The zero-order chi connectivity index (χ0) is 13.4. The van der Waals surface area contributed by atoms with Crippen molar-refractivity contribution in [3.63, 3.8) is 0 Å². The lowest BCUT2D eigenvalue weighted by Gasteiger charge is -1.88. The number of carboxylic acid groups (broad SMARTS) is 1. The number of aromatic nitrogens is 2. The van der Waals surface area contributed by atoms with Gasteiger partial charge < -0.3 is 10.8 Å². The van der Waals surface area contributed by atoms with E-state index in [4.69, 9.17) is 10.8 Å². The first-order chi connectivity index (χ1) is 8.61. The number of rotatable bonds is 2. The van der Waals surface area contributed by atoms with Crippen molar-refractivity contribution >= 4 is 11.9 Å². The van der Waals surface area contributed by atoms with E-state index in [2.05, 4.69) is 9.97 Å². The summed E-state index contributed by atoms with van der Waals surface area (Å²) in [6, 6.07) is 8.30. The molecule has 6 nitrogen and oxygen atoms in total. The van der Waals surface area contributed by atoms with Gasteiger partial charge in [-0.1, -0.05) is 18.2 Å². The molecular weight excluding hydrogens is 234 g/mol. The number of nitrogens with two attached hydrogens (primary N) is 1. The second-order valence-corrected chi connectivity index (χ2v) is 3.16. The van der Waals surface area contributed by atoms with E-state index in [1.165, 1.54) is 18.7 Å². The largest absolute Gasteiger partial charge is 0.478 e. The van der Waals surface area contributed by atoms with Gasteiger partial charge in [0.2, 0.25) is 0 Å². The molecule has 0 aliphatic carbocycles. The average Bonchev–Trinajstić information content (AvgIpc) is 2.41. The maximum Gasteiger partial charge on any atom is 0.335 e. The molecule has 2 rings (SSSR count). The Morgan fingerprint density at radius 2 is 1.56 bits per heavy atom. The normalized spacial score (nSPS) is 8.89. The molecule has 6 heteroatoms. The number of aromatic carboxylic acids is 1. The molecule has 0 unspecified atom stereocenters. The highest BCUT2D eigenvalue weighted by Crippen LogP contribution is 1.96. The minimum atomic E-state index is -0.879. The zero-order valence-electron chi connectivity index (χ0n) is 9.35. The lowest BCUT2D eigenvalue weighted by molar-refractivity contribution is 0.0696. The summed E-state index contributed by atoms with van der Waals surface area (Å²) in [5, 5.41) is 8.38. The van der Waals surface area contributed by atoms with E-state index in [1.54, 1.807) is 30.3 Å². The van der Waals surface area contributed by atoms with Crippen LogP contribution in [0, 0.1) is 0 Å². The van der Waals surface area contributed by atoms with Gasteiger partial charge in [0.1, 0.15) is 6.33 Å². The molecule has 92 valence electrons. The van der Waals surface area contributed by atoms with E-state index < -0.39 is 11.9 Å². The fourth-order valence-corrected chi connectivity index (χ4v) is 1.01. The molecule has 0 radical (unpaired) electrons. The third kappa shape index (κ3) is 4.40. The van der Waals surface area contributed by atoms with Crippen LogP contribution in [0.25, 0.3) is 0 Å². The molecule has 0 saturated heterocycles. The van der Waals surface area contributed by atoms with Gasteiger partial charge in [-0.15, -0.1) is 0 Å². The highest BCUT2D eigenvalue weighted by Gasteiger charge is 1.97. The number of nitrogens with zero attached hydrogens (tertiary/aromatic N) is 2. The highest BCUT2D eigenvalue weighted by molar-refractivity contribution is 5.91. The van der Waals surface area contributed by atoms with Gasteiger partial charge in [0.15, 0.2) is 0 Å².